The SMILES string of the molecule is Clc1cccc(N=C2SCCN2C2CCCC2)c1Cl. The topological polar surface area (TPSA) is 15.6 Å². The average Bonchev–Trinajstić information content (AvgIpc) is 3.05. The zero-order valence-corrected chi connectivity index (χ0v) is 12.9. The quantitative estimate of drug-likeness (QED) is 0.765. The van der Waals surface area contributed by atoms with Crippen LogP contribution in [0, 0.1) is 0 Å². The number of benzene rings is 1. The standard InChI is InChI=1S/C14H16Cl2N2S/c15-11-6-3-7-12(13(11)16)17-14-18(8-9-19-14)10-4-1-2-5-10/h3,6-7,10H,1-2,4-5,8-9H2. The van der Waals surface area contributed by atoms with Gasteiger partial charge in [0.25, 0.3) is 0 Å². The second kappa shape index (κ2) is 5.94. The molecule has 1 heterocycles. The van der Waals surface area contributed by atoms with Crippen LogP contribution in [-0.2, 0) is 0 Å². The van der Waals surface area contributed by atoms with Gasteiger partial charge in [0.2, 0.25) is 0 Å². The lowest BCUT2D eigenvalue weighted by atomic mass is 10.2. The zero-order valence-electron chi connectivity index (χ0n) is 10.6. The molecule has 19 heavy (non-hydrogen) atoms. The van der Waals surface area contributed by atoms with E-state index < -0.39 is 0 Å². The summed E-state index contributed by atoms with van der Waals surface area (Å²) in [6.45, 7) is 1.10. The Morgan fingerprint density at radius 2 is 2.00 bits per heavy atom. The molecule has 1 aliphatic carbocycles. The van der Waals surface area contributed by atoms with Crippen molar-refractivity contribution in [2.45, 2.75) is 31.7 Å². The van der Waals surface area contributed by atoms with Crippen molar-refractivity contribution in [2.24, 2.45) is 4.99 Å². The molecule has 2 aliphatic rings. The molecule has 0 radical (unpaired) electrons. The van der Waals surface area contributed by atoms with Gasteiger partial charge in [0.05, 0.1) is 15.7 Å². The van der Waals surface area contributed by atoms with Crippen LogP contribution in [0.3, 0.4) is 0 Å². The predicted octanol–water partition coefficient (Wildman–Crippen LogP) is 4.97. The molecule has 2 nitrogen and oxygen atoms in total. The van der Waals surface area contributed by atoms with Crippen LogP contribution in [0.2, 0.25) is 10.0 Å². The maximum Gasteiger partial charge on any atom is 0.164 e. The summed E-state index contributed by atoms with van der Waals surface area (Å²) in [6, 6.07) is 6.29. The molecule has 0 atom stereocenters. The van der Waals surface area contributed by atoms with Crippen LogP contribution in [0.4, 0.5) is 5.69 Å². The minimum Gasteiger partial charge on any atom is -0.347 e. The van der Waals surface area contributed by atoms with Crippen molar-refractivity contribution in [3.8, 4) is 0 Å². The number of amidine groups is 1. The number of nitrogens with zero attached hydrogens (tertiary/aromatic N) is 2. The van der Waals surface area contributed by atoms with Crippen molar-refractivity contribution in [1.29, 1.82) is 0 Å². The van der Waals surface area contributed by atoms with Crippen LogP contribution in [0.25, 0.3) is 0 Å². The minimum atomic E-state index is 0.551. The van der Waals surface area contributed by atoms with Gasteiger partial charge >= 0.3 is 0 Å². The number of hydrogen-bond acceptors (Lipinski definition) is 2. The fourth-order valence-electron chi connectivity index (χ4n) is 2.75. The van der Waals surface area contributed by atoms with Gasteiger partial charge in [-0.1, -0.05) is 53.9 Å². The summed E-state index contributed by atoms with van der Waals surface area (Å²) < 4.78 is 0. The molecular formula is C14H16Cl2N2S. The van der Waals surface area contributed by atoms with E-state index in [-0.39, 0.29) is 0 Å². The van der Waals surface area contributed by atoms with Gasteiger partial charge in [-0.05, 0) is 25.0 Å². The summed E-state index contributed by atoms with van der Waals surface area (Å²) in [5.41, 5.74) is 0.779. The first kappa shape index (κ1) is 13.6. The van der Waals surface area contributed by atoms with E-state index in [0.717, 1.165) is 23.2 Å². The molecule has 0 aromatic heterocycles. The van der Waals surface area contributed by atoms with Crippen LogP contribution in [0.5, 0.6) is 0 Å². The summed E-state index contributed by atoms with van der Waals surface area (Å²) in [4.78, 5) is 7.19. The Morgan fingerprint density at radius 3 is 2.79 bits per heavy atom. The monoisotopic (exact) mass is 314 g/mol. The lowest BCUT2D eigenvalue weighted by Crippen LogP contribution is -2.33. The highest BCUT2D eigenvalue weighted by Gasteiger charge is 2.29. The molecule has 0 amide bonds. The van der Waals surface area contributed by atoms with Crippen molar-refractivity contribution in [3.05, 3.63) is 28.2 Å². The van der Waals surface area contributed by atoms with Gasteiger partial charge in [0.15, 0.2) is 5.17 Å². The Kier molecular flexibility index (Phi) is 4.25. The molecule has 5 heteroatoms. The fraction of sp³-hybridized carbons (Fsp3) is 0.500. The van der Waals surface area contributed by atoms with Crippen LogP contribution < -0.4 is 0 Å². The van der Waals surface area contributed by atoms with E-state index in [9.17, 15) is 0 Å². The fourth-order valence-corrected chi connectivity index (χ4v) is 4.12. The van der Waals surface area contributed by atoms with Crippen LogP contribution in [-0.4, -0.2) is 28.4 Å². The summed E-state index contributed by atoms with van der Waals surface area (Å²) in [5, 5.41) is 2.23. The Labute approximate surface area is 128 Å². The first-order valence-corrected chi connectivity index (χ1v) is 8.42. The van der Waals surface area contributed by atoms with Gasteiger partial charge in [-0.3, -0.25) is 0 Å². The Balaban J connectivity index is 1.87. The molecule has 3 rings (SSSR count). The molecule has 0 unspecified atom stereocenters. The van der Waals surface area contributed by atoms with Gasteiger partial charge in [0.1, 0.15) is 0 Å². The summed E-state index contributed by atoms with van der Waals surface area (Å²) in [7, 11) is 0. The number of hydrogen-bond donors (Lipinski definition) is 0. The van der Waals surface area contributed by atoms with E-state index in [1.54, 1.807) is 6.07 Å². The van der Waals surface area contributed by atoms with Crippen LogP contribution >= 0.6 is 35.0 Å². The first-order chi connectivity index (χ1) is 9.25. The second-order valence-corrected chi connectivity index (χ2v) is 6.79. The van der Waals surface area contributed by atoms with Crippen LogP contribution in [0.1, 0.15) is 25.7 Å². The van der Waals surface area contributed by atoms with Gasteiger partial charge < -0.3 is 4.90 Å². The predicted molar refractivity (Wildman–Crippen MR) is 85.0 cm³/mol. The van der Waals surface area contributed by atoms with Gasteiger partial charge in [0, 0.05) is 18.3 Å². The van der Waals surface area contributed by atoms with Crippen molar-refractivity contribution in [1.82, 2.24) is 4.90 Å². The van der Waals surface area contributed by atoms with E-state index in [1.165, 1.54) is 25.7 Å². The average molecular weight is 315 g/mol. The largest absolute Gasteiger partial charge is 0.347 e. The van der Waals surface area contributed by atoms with E-state index in [4.69, 9.17) is 28.2 Å². The lowest BCUT2D eigenvalue weighted by molar-refractivity contribution is 0.344. The van der Waals surface area contributed by atoms with Gasteiger partial charge in [-0.15, -0.1) is 0 Å². The summed E-state index contributed by atoms with van der Waals surface area (Å²) in [6.07, 6.45) is 5.28. The Hall–Kier alpha value is -0.380. The Morgan fingerprint density at radius 1 is 1.21 bits per heavy atom. The normalized spacial score (nSPS) is 22.6. The first-order valence-electron chi connectivity index (χ1n) is 6.68. The van der Waals surface area contributed by atoms with Crippen LogP contribution in [0.15, 0.2) is 23.2 Å². The molecule has 1 saturated heterocycles. The number of rotatable bonds is 2. The summed E-state index contributed by atoms with van der Waals surface area (Å²) >= 11 is 14.1. The number of aliphatic imine (C=N–C) groups is 1. The lowest BCUT2D eigenvalue weighted by Gasteiger charge is -2.25. The third-order valence-corrected chi connectivity index (χ3v) is 5.50. The molecule has 0 bridgehead atoms. The maximum atomic E-state index is 6.21. The third-order valence-electron chi connectivity index (χ3n) is 3.72. The third kappa shape index (κ3) is 2.88. The van der Waals surface area contributed by atoms with E-state index in [0.29, 0.717) is 16.1 Å². The molecule has 1 aromatic carbocycles. The van der Waals surface area contributed by atoms with Crippen molar-refractivity contribution >= 4 is 45.8 Å². The molecule has 1 saturated carbocycles. The van der Waals surface area contributed by atoms with Crippen molar-refractivity contribution in [2.75, 3.05) is 12.3 Å². The number of thioether (sulfide) groups is 1. The molecule has 102 valence electrons. The smallest absolute Gasteiger partial charge is 0.164 e. The van der Waals surface area contributed by atoms with E-state index >= 15 is 0 Å². The maximum absolute atomic E-state index is 6.21. The highest BCUT2D eigenvalue weighted by molar-refractivity contribution is 8.14. The van der Waals surface area contributed by atoms with Gasteiger partial charge in [-0.25, -0.2) is 4.99 Å². The highest BCUT2D eigenvalue weighted by Crippen LogP contribution is 2.35. The van der Waals surface area contributed by atoms with E-state index in [2.05, 4.69) is 4.90 Å². The minimum absolute atomic E-state index is 0.551. The molecule has 0 spiro atoms. The molecule has 1 aliphatic heterocycles. The molecule has 1 aromatic rings. The molecule has 2 fully saturated rings. The molecule has 0 N–H and O–H groups in total. The van der Waals surface area contributed by atoms with E-state index in [1.807, 2.05) is 23.9 Å². The second-order valence-electron chi connectivity index (χ2n) is 4.95. The zero-order chi connectivity index (χ0) is 13.2. The summed E-state index contributed by atoms with van der Waals surface area (Å²) in [5.74, 6) is 1.12. The van der Waals surface area contributed by atoms with Crippen molar-refractivity contribution < 1.29 is 0 Å². The molecular weight excluding hydrogens is 299 g/mol. The van der Waals surface area contributed by atoms with Gasteiger partial charge in [-0.2, -0.15) is 0 Å². The number of halogens is 2. The highest BCUT2D eigenvalue weighted by atomic mass is 35.5. The van der Waals surface area contributed by atoms with Crippen molar-refractivity contribution in [3.63, 3.8) is 0 Å². The Bertz CT molecular complexity index is 498.